The highest BCUT2D eigenvalue weighted by atomic mass is 16.7. The Morgan fingerprint density at radius 3 is 2.73 bits per heavy atom. The number of amides is 2. The fourth-order valence-electron chi connectivity index (χ4n) is 4.08. The third-order valence-corrected chi connectivity index (χ3v) is 5.63. The number of hydrogen-bond acceptors (Lipinski definition) is 7. The van der Waals surface area contributed by atoms with E-state index in [0.717, 1.165) is 16.8 Å². The molecule has 5 rings (SSSR count). The molecule has 0 bridgehead atoms. The normalized spacial score (nSPS) is 15.7. The van der Waals surface area contributed by atoms with Gasteiger partial charge in [-0.05, 0) is 36.8 Å². The molecule has 0 saturated heterocycles. The van der Waals surface area contributed by atoms with Gasteiger partial charge >= 0.3 is 0 Å². The van der Waals surface area contributed by atoms with Gasteiger partial charge in [-0.3, -0.25) is 9.59 Å². The third-order valence-electron chi connectivity index (χ3n) is 5.63. The van der Waals surface area contributed by atoms with Gasteiger partial charge in [0, 0.05) is 17.3 Å². The number of benzene rings is 2. The van der Waals surface area contributed by atoms with E-state index in [1.165, 1.54) is 0 Å². The summed E-state index contributed by atoms with van der Waals surface area (Å²) in [6.07, 6.45) is -0.0697. The molecule has 10 heteroatoms. The summed E-state index contributed by atoms with van der Waals surface area (Å²) in [5.74, 6) is 2.30. The molecular weight excluding hydrogens is 428 g/mol. The molecule has 3 aromatic rings. The highest BCUT2D eigenvalue weighted by Crippen LogP contribution is 2.41. The molecule has 2 amide bonds. The maximum atomic E-state index is 12.7. The summed E-state index contributed by atoms with van der Waals surface area (Å²) < 4.78 is 22.9. The minimum Gasteiger partial charge on any atom is -0.493 e. The molecule has 2 aliphatic heterocycles. The molecule has 0 fully saturated rings. The molecule has 2 aliphatic rings. The Kier molecular flexibility index (Phi) is 5.04. The molecule has 2 aromatic carbocycles. The van der Waals surface area contributed by atoms with Crippen molar-refractivity contribution in [3.05, 3.63) is 42.1 Å². The number of carbonyl (C=O) groups excluding carboxylic acids is 2. The quantitative estimate of drug-likeness (QED) is 0.593. The maximum Gasteiger partial charge on any atom is 0.251 e. The average molecular weight is 450 g/mol. The number of carbonyl (C=O) groups is 2. The van der Waals surface area contributed by atoms with Crippen LogP contribution in [-0.4, -0.2) is 42.6 Å². The molecule has 33 heavy (non-hydrogen) atoms. The molecule has 1 atom stereocenters. The second-order valence-corrected chi connectivity index (χ2v) is 7.65. The first-order valence-corrected chi connectivity index (χ1v) is 10.3. The van der Waals surface area contributed by atoms with Crippen LogP contribution < -0.4 is 29.6 Å². The number of nitrogens with zero attached hydrogens (tertiary/aromatic N) is 2. The average Bonchev–Trinajstić information content (AvgIpc) is 3.47. The van der Waals surface area contributed by atoms with E-state index < -0.39 is 6.04 Å². The predicted molar refractivity (Wildman–Crippen MR) is 119 cm³/mol. The van der Waals surface area contributed by atoms with Crippen LogP contribution in [0.5, 0.6) is 23.0 Å². The number of methoxy groups -OCH3 is 2. The van der Waals surface area contributed by atoms with E-state index in [1.807, 2.05) is 19.1 Å². The molecule has 10 nitrogen and oxygen atoms in total. The lowest BCUT2D eigenvalue weighted by molar-refractivity contribution is -0.123. The molecule has 1 aromatic heterocycles. The van der Waals surface area contributed by atoms with Gasteiger partial charge in [-0.1, -0.05) is 6.07 Å². The Bertz CT molecular complexity index is 1270. The van der Waals surface area contributed by atoms with Gasteiger partial charge in [-0.15, -0.1) is 0 Å². The van der Waals surface area contributed by atoms with Crippen LogP contribution in [0.2, 0.25) is 0 Å². The highest BCUT2D eigenvalue weighted by Gasteiger charge is 2.36. The van der Waals surface area contributed by atoms with E-state index in [9.17, 15) is 9.59 Å². The van der Waals surface area contributed by atoms with E-state index in [1.54, 1.807) is 43.2 Å². The number of aromatic nitrogens is 2. The third kappa shape index (κ3) is 3.59. The zero-order chi connectivity index (χ0) is 23.1. The van der Waals surface area contributed by atoms with Crippen LogP contribution in [0, 0.1) is 6.92 Å². The van der Waals surface area contributed by atoms with E-state index in [2.05, 4.69) is 15.7 Å². The fraction of sp³-hybridized carbons (Fsp3) is 0.261. The SMILES string of the molecule is COc1ccc(-c2c(C)nn3c2NC(=O)C3CC(=O)Nc2ccc3c(c2)OCO3)cc1OC. The smallest absolute Gasteiger partial charge is 0.251 e. The van der Waals surface area contributed by atoms with Gasteiger partial charge in [0.05, 0.1) is 26.3 Å². The first-order valence-electron chi connectivity index (χ1n) is 10.3. The summed E-state index contributed by atoms with van der Waals surface area (Å²) in [4.78, 5) is 25.4. The lowest BCUT2D eigenvalue weighted by Crippen LogP contribution is -2.23. The largest absolute Gasteiger partial charge is 0.493 e. The van der Waals surface area contributed by atoms with Crippen molar-refractivity contribution in [2.24, 2.45) is 0 Å². The lowest BCUT2D eigenvalue weighted by Gasteiger charge is -2.10. The number of anilines is 2. The molecule has 0 radical (unpaired) electrons. The van der Waals surface area contributed by atoms with E-state index >= 15 is 0 Å². The van der Waals surface area contributed by atoms with Crippen LogP contribution in [0.25, 0.3) is 11.1 Å². The van der Waals surface area contributed by atoms with Crippen molar-refractivity contribution in [2.75, 3.05) is 31.6 Å². The zero-order valence-electron chi connectivity index (χ0n) is 18.3. The summed E-state index contributed by atoms with van der Waals surface area (Å²) in [5, 5.41) is 10.2. The van der Waals surface area contributed by atoms with Crippen molar-refractivity contribution in [2.45, 2.75) is 19.4 Å². The number of nitrogens with one attached hydrogen (secondary N) is 2. The molecule has 0 saturated carbocycles. The van der Waals surface area contributed by atoms with Crippen molar-refractivity contribution in [1.82, 2.24) is 9.78 Å². The minimum absolute atomic E-state index is 0.0697. The summed E-state index contributed by atoms with van der Waals surface area (Å²) >= 11 is 0. The Morgan fingerprint density at radius 1 is 1.15 bits per heavy atom. The second-order valence-electron chi connectivity index (χ2n) is 7.65. The van der Waals surface area contributed by atoms with Crippen molar-refractivity contribution in [1.29, 1.82) is 0 Å². The first kappa shape index (κ1) is 20.7. The predicted octanol–water partition coefficient (Wildman–Crippen LogP) is 3.13. The van der Waals surface area contributed by atoms with E-state index in [-0.39, 0.29) is 25.0 Å². The van der Waals surface area contributed by atoms with Gasteiger partial charge in [0.2, 0.25) is 12.7 Å². The summed E-state index contributed by atoms with van der Waals surface area (Å²) in [6.45, 7) is 2.01. The topological polar surface area (TPSA) is 113 Å². The van der Waals surface area contributed by atoms with Gasteiger partial charge in [0.15, 0.2) is 23.0 Å². The first-order chi connectivity index (χ1) is 16.0. The van der Waals surface area contributed by atoms with Crippen LogP contribution in [-0.2, 0) is 9.59 Å². The highest BCUT2D eigenvalue weighted by molar-refractivity contribution is 6.04. The van der Waals surface area contributed by atoms with Crippen LogP contribution in [0.15, 0.2) is 36.4 Å². The Hall–Kier alpha value is -4.21. The molecular formula is C23H22N4O6. The monoisotopic (exact) mass is 450 g/mol. The standard InChI is InChI=1S/C23H22N4O6/c1-12-21(13-4-6-16(30-2)18(8-13)31-3)22-25-23(29)15(27(22)26-12)10-20(28)24-14-5-7-17-19(9-14)33-11-32-17/h4-9,15H,10-11H2,1-3H3,(H,24,28)(H,25,29). The summed E-state index contributed by atoms with van der Waals surface area (Å²) in [7, 11) is 3.13. The van der Waals surface area contributed by atoms with Gasteiger partial charge in [0.25, 0.3) is 5.91 Å². The Labute approximate surface area is 189 Å². The van der Waals surface area contributed by atoms with Crippen molar-refractivity contribution >= 4 is 23.3 Å². The van der Waals surface area contributed by atoms with Gasteiger partial charge in [-0.25, -0.2) is 4.68 Å². The second kappa shape index (κ2) is 8.05. The van der Waals surface area contributed by atoms with Crippen LogP contribution in [0.4, 0.5) is 11.5 Å². The Morgan fingerprint density at radius 2 is 1.94 bits per heavy atom. The molecule has 0 aliphatic carbocycles. The number of fused-ring (bicyclic) bond motifs is 2. The molecule has 3 heterocycles. The fourth-order valence-corrected chi connectivity index (χ4v) is 4.08. The number of ether oxygens (including phenoxy) is 4. The Balaban J connectivity index is 1.38. The molecule has 2 N–H and O–H groups in total. The minimum atomic E-state index is -0.762. The van der Waals surface area contributed by atoms with Gasteiger partial charge in [-0.2, -0.15) is 5.10 Å². The van der Waals surface area contributed by atoms with Crippen LogP contribution in [0.1, 0.15) is 18.2 Å². The van der Waals surface area contributed by atoms with Crippen molar-refractivity contribution in [3.8, 4) is 34.1 Å². The number of hydrogen-bond donors (Lipinski definition) is 2. The maximum absolute atomic E-state index is 12.7. The van der Waals surface area contributed by atoms with Crippen LogP contribution >= 0.6 is 0 Å². The van der Waals surface area contributed by atoms with E-state index in [0.29, 0.717) is 34.5 Å². The number of rotatable bonds is 6. The van der Waals surface area contributed by atoms with E-state index in [4.69, 9.17) is 18.9 Å². The lowest BCUT2D eigenvalue weighted by atomic mass is 10.1. The molecule has 0 spiro atoms. The van der Waals surface area contributed by atoms with Crippen molar-refractivity contribution < 1.29 is 28.5 Å². The van der Waals surface area contributed by atoms with Crippen LogP contribution in [0.3, 0.4) is 0 Å². The number of aryl methyl sites for hydroxylation is 1. The summed E-state index contributed by atoms with van der Waals surface area (Å²) in [6, 6.07) is 9.87. The molecule has 170 valence electrons. The van der Waals surface area contributed by atoms with Crippen molar-refractivity contribution in [3.63, 3.8) is 0 Å². The molecule has 1 unspecified atom stereocenters. The van der Waals surface area contributed by atoms with Gasteiger partial charge < -0.3 is 29.6 Å². The van der Waals surface area contributed by atoms with Gasteiger partial charge in [0.1, 0.15) is 11.9 Å². The summed E-state index contributed by atoms with van der Waals surface area (Å²) in [5.41, 5.74) is 2.86. The zero-order valence-corrected chi connectivity index (χ0v) is 18.3.